The predicted octanol–water partition coefficient (Wildman–Crippen LogP) is 3.35. The molecule has 9 heteroatoms. The SMILES string of the molecule is Cn1c(C2CCN(C(=O)Nc3ccc(Br)cc3F)CC2)cc(=O)n2nccc12. The zero-order valence-electron chi connectivity index (χ0n) is 15.2. The summed E-state index contributed by atoms with van der Waals surface area (Å²) in [6, 6.07) is 7.63. The fourth-order valence-electron chi connectivity index (χ4n) is 3.69. The van der Waals surface area contributed by atoms with Gasteiger partial charge >= 0.3 is 6.03 Å². The first-order chi connectivity index (χ1) is 13.4. The lowest BCUT2D eigenvalue weighted by atomic mass is 9.93. The summed E-state index contributed by atoms with van der Waals surface area (Å²) in [5.74, 6) is -0.312. The Morgan fingerprint density at radius 1 is 1.25 bits per heavy atom. The molecule has 0 atom stereocenters. The number of aromatic nitrogens is 3. The maximum Gasteiger partial charge on any atom is 0.321 e. The number of benzene rings is 1. The van der Waals surface area contributed by atoms with E-state index in [0.29, 0.717) is 17.6 Å². The molecule has 2 amide bonds. The number of aryl methyl sites for hydroxylation is 1. The van der Waals surface area contributed by atoms with Gasteiger partial charge in [0.1, 0.15) is 11.5 Å². The Balaban J connectivity index is 1.45. The van der Waals surface area contributed by atoms with Gasteiger partial charge in [0.25, 0.3) is 5.56 Å². The van der Waals surface area contributed by atoms with Crippen LogP contribution < -0.4 is 10.9 Å². The molecule has 1 aromatic carbocycles. The number of urea groups is 1. The minimum absolute atomic E-state index is 0.154. The highest BCUT2D eigenvalue weighted by atomic mass is 79.9. The summed E-state index contributed by atoms with van der Waals surface area (Å²) in [5.41, 5.74) is 1.69. The van der Waals surface area contributed by atoms with E-state index in [-0.39, 0.29) is 23.2 Å². The summed E-state index contributed by atoms with van der Waals surface area (Å²) in [6.45, 7) is 1.07. The molecule has 0 radical (unpaired) electrons. The van der Waals surface area contributed by atoms with Crippen LogP contribution in [0.3, 0.4) is 0 Å². The van der Waals surface area contributed by atoms with Crippen LogP contribution in [0.2, 0.25) is 0 Å². The number of carbonyl (C=O) groups excluding carboxylic acids is 1. The Labute approximate surface area is 168 Å². The smallest absolute Gasteiger partial charge is 0.321 e. The molecule has 4 rings (SSSR count). The van der Waals surface area contributed by atoms with Crippen LogP contribution in [0.15, 0.2) is 45.8 Å². The summed E-state index contributed by atoms with van der Waals surface area (Å²) in [7, 11) is 1.92. The van der Waals surface area contributed by atoms with Crippen LogP contribution in [0.1, 0.15) is 24.5 Å². The first kappa shape index (κ1) is 18.7. The van der Waals surface area contributed by atoms with Gasteiger partial charge in [-0.25, -0.2) is 9.18 Å². The average molecular weight is 448 g/mol. The number of halogens is 2. The maximum atomic E-state index is 13.9. The number of amides is 2. The zero-order valence-corrected chi connectivity index (χ0v) is 16.8. The molecule has 1 N–H and O–H groups in total. The maximum absolute atomic E-state index is 13.9. The van der Waals surface area contributed by atoms with Gasteiger partial charge in [-0.1, -0.05) is 15.9 Å². The molecule has 1 aliphatic heterocycles. The lowest BCUT2D eigenvalue weighted by molar-refractivity contribution is 0.193. The van der Waals surface area contributed by atoms with Gasteiger partial charge in [0.2, 0.25) is 0 Å². The Hall–Kier alpha value is -2.68. The normalized spacial score (nSPS) is 15.2. The van der Waals surface area contributed by atoms with Crippen LogP contribution in [0, 0.1) is 5.82 Å². The van der Waals surface area contributed by atoms with E-state index in [4.69, 9.17) is 0 Å². The molecular weight excluding hydrogens is 429 g/mol. The van der Waals surface area contributed by atoms with Crippen molar-refractivity contribution in [3.05, 3.63) is 62.9 Å². The van der Waals surface area contributed by atoms with E-state index in [0.717, 1.165) is 24.2 Å². The van der Waals surface area contributed by atoms with Crippen molar-refractivity contribution in [1.82, 2.24) is 19.1 Å². The minimum Gasteiger partial charge on any atom is -0.333 e. The van der Waals surface area contributed by atoms with E-state index in [1.807, 2.05) is 11.6 Å². The number of carbonyl (C=O) groups is 1. The van der Waals surface area contributed by atoms with Crippen LogP contribution >= 0.6 is 15.9 Å². The van der Waals surface area contributed by atoms with Crippen molar-refractivity contribution in [2.24, 2.45) is 7.05 Å². The Morgan fingerprint density at radius 2 is 2.00 bits per heavy atom. The molecule has 146 valence electrons. The topological polar surface area (TPSA) is 71.6 Å². The Morgan fingerprint density at radius 3 is 2.71 bits per heavy atom. The average Bonchev–Trinajstić information content (AvgIpc) is 3.18. The van der Waals surface area contributed by atoms with Gasteiger partial charge in [-0.2, -0.15) is 9.61 Å². The first-order valence-electron chi connectivity index (χ1n) is 8.98. The van der Waals surface area contributed by atoms with Gasteiger partial charge in [0, 0.05) is 48.4 Å². The summed E-state index contributed by atoms with van der Waals surface area (Å²) >= 11 is 3.20. The summed E-state index contributed by atoms with van der Waals surface area (Å²) in [4.78, 5) is 26.4. The van der Waals surface area contributed by atoms with Gasteiger partial charge in [-0.15, -0.1) is 0 Å². The predicted molar refractivity (Wildman–Crippen MR) is 107 cm³/mol. The summed E-state index contributed by atoms with van der Waals surface area (Å²) < 4.78 is 17.9. The number of hydrogen-bond acceptors (Lipinski definition) is 3. The van der Waals surface area contributed by atoms with Crippen LogP contribution in [0.5, 0.6) is 0 Å². The number of anilines is 1. The van der Waals surface area contributed by atoms with Crippen molar-refractivity contribution in [2.45, 2.75) is 18.8 Å². The van der Waals surface area contributed by atoms with Crippen molar-refractivity contribution in [1.29, 1.82) is 0 Å². The van der Waals surface area contributed by atoms with Gasteiger partial charge in [0.05, 0.1) is 11.9 Å². The van der Waals surface area contributed by atoms with Crippen molar-refractivity contribution in [3.8, 4) is 0 Å². The quantitative estimate of drug-likeness (QED) is 0.654. The van der Waals surface area contributed by atoms with Crippen LogP contribution in [-0.4, -0.2) is 38.2 Å². The van der Waals surface area contributed by atoms with Gasteiger partial charge in [0.15, 0.2) is 0 Å². The van der Waals surface area contributed by atoms with Gasteiger partial charge < -0.3 is 14.8 Å². The molecular formula is C19H19BrFN5O2. The molecule has 3 aromatic rings. The fraction of sp³-hybridized carbons (Fsp3) is 0.316. The lowest BCUT2D eigenvalue weighted by Gasteiger charge is -2.33. The van der Waals surface area contributed by atoms with E-state index in [1.54, 1.807) is 29.3 Å². The number of nitrogens with one attached hydrogen (secondary N) is 1. The van der Waals surface area contributed by atoms with Crippen molar-refractivity contribution in [2.75, 3.05) is 18.4 Å². The number of nitrogens with zero attached hydrogens (tertiary/aromatic N) is 4. The molecule has 0 bridgehead atoms. The number of piperidine rings is 1. The third-order valence-electron chi connectivity index (χ3n) is 5.21. The van der Waals surface area contributed by atoms with Crippen LogP contribution in [0.25, 0.3) is 5.65 Å². The van der Waals surface area contributed by atoms with E-state index in [9.17, 15) is 14.0 Å². The monoisotopic (exact) mass is 447 g/mol. The highest BCUT2D eigenvalue weighted by Gasteiger charge is 2.26. The van der Waals surface area contributed by atoms with E-state index < -0.39 is 5.82 Å². The van der Waals surface area contributed by atoms with Gasteiger partial charge in [-0.05, 0) is 31.0 Å². The lowest BCUT2D eigenvalue weighted by Crippen LogP contribution is -2.41. The highest BCUT2D eigenvalue weighted by Crippen LogP contribution is 2.28. The molecule has 1 aliphatic rings. The second-order valence-electron chi connectivity index (χ2n) is 6.88. The van der Waals surface area contributed by atoms with E-state index >= 15 is 0 Å². The second kappa shape index (κ2) is 7.38. The van der Waals surface area contributed by atoms with E-state index in [1.165, 1.54) is 16.6 Å². The minimum atomic E-state index is -0.485. The van der Waals surface area contributed by atoms with Crippen molar-refractivity contribution >= 4 is 33.3 Å². The van der Waals surface area contributed by atoms with E-state index in [2.05, 4.69) is 26.3 Å². The fourth-order valence-corrected chi connectivity index (χ4v) is 4.03. The van der Waals surface area contributed by atoms with Crippen LogP contribution in [-0.2, 0) is 7.05 Å². The second-order valence-corrected chi connectivity index (χ2v) is 7.80. The molecule has 7 nitrogen and oxygen atoms in total. The number of fused-ring (bicyclic) bond motifs is 1. The van der Waals surface area contributed by atoms with Crippen molar-refractivity contribution in [3.63, 3.8) is 0 Å². The molecule has 0 aliphatic carbocycles. The largest absolute Gasteiger partial charge is 0.333 e. The number of likely N-dealkylation sites (tertiary alicyclic amines) is 1. The zero-order chi connectivity index (χ0) is 19.8. The summed E-state index contributed by atoms with van der Waals surface area (Å²) in [6.07, 6.45) is 3.07. The highest BCUT2D eigenvalue weighted by molar-refractivity contribution is 9.10. The Kier molecular flexibility index (Phi) is 4.92. The Bertz CT molecular complexity index is 1100. The third-order valence-corrected chi connectivity index (χ3v) is 5.70. The standard InChI is InChI=1S/C19H19BrFN5O2/c1-24-16(11-18(27)26-17(24)4-7-22-26)12-5-8-25(9-6-12)19(28)23-15-3-2-13(20)10-14(15)21/h2-4,7,10-12H,5-6,8-9H2,1H3,(H,23,28). The molecule has 0 saturated carbocycles. The van der Waals surface area contributed by atoms with Crippen molar-refractivity contribution < 1.29 is 9.18 Å². The molecule has 3 heterocycles. The number of rotatable bonds is 2. The van der Waals surface area contributed by atoms with Gasteiger partial charge in [-0.3, -0.25) is 4.79 Å². The molecule has 2 aromatic heterocycles. The third kappa shape index (κ3) is 3.42. The molecule has 0 unspecified atom stereocenters. The first-order valence-corrected chi connectivity index (χ1v) is 9.78. The molecule has 1 fully saturated rings. The number of hydrogen-bond donors (Lipinski definition) is 1. The van der Waals surface area contributed by atoms with Crippen LogP contribution in [0.4, 0.5) is 14.9 Å². The summed E-state index contributed by atoms with van der Waals surface area (Å²) in [5, 5.41) is 6.67. The molecule has 28 heavy (non-hydrogen) atoms. The molecule has 1 saturated heterocycles. The molecule has 0 spiro atoms.